The number of hydrogen-bond donors (Lipinski definition) is 0. The van der Waals surface area contributed by atoms with Gasteiger partial charge in [0, 0.05) is 16.2 Å². The topological polar surface area (TPSA) is 31.2 Å². The molecule has 2 rings (SSSR count). The van der Waals surface area contributed by atoms with Crippen LogP contribution < -0.4 is 0 Å². The minimum Gasteiger partial charge on any atom is -0.443 e. The Morgan fingerprint density at radius 2 is 1.82 bits per heavy atom. The molecular weight excluding hydrogens is 424 g/mol. The van der Waals surface area contributed by atoms with E-state index in [2.05, 4.69) is 31.9 Å². The Morgan fingerprint density at radius 3 is 2.41 bits per heavy atom. The van der Waals surface area contributed by atoms with Gasteiger partial charge in [-0.1, -0.05) is 0 Å². The molecule has 0 aliphatic heterocycles. The fraction of sp³-hybridized carbons (Fsp3) is 0.267. The van der Waals surface area contributed by atoms with E-state index in [0.29, 0.717) is 4.47 Å². The van der Waals surface area contributed by atoms with E-state index in [0.717, 1.165) is 16.7 Å². The number of ether oxygens (including phenoxy) is 1. The number of hydrogen-bond acceptors (Lipinski definition) is 2. The number of halogens is 4. The lowest BCUT2D eigenvalue weighted by molar-refractivity contribution is 0.0540. The Bertz CT molecular complexity index is 736. The standard InChI is InChI=1S/C15H13Br2F2NO2/c1-15(2,3)22-14(21)20-7-8(16)4-12(20)10-5-9(18)6-11(17)13(10)19/h4-7H,1-3H3. The zero-order chi connectivity index (χ0) is 16.7. The van der Waals surface area contributed by atoms with Gasteiger partial charge in [0.15, 0.2) is 0 Å². The van der Waals surface area contributed by atoms with Crippen molar-refractivity contribution in [2.75, 3.05) is 0 Å². The average molecular weight is 437 g/mol. The molecule has 0 aliphatic rings. The molecule has 3 nitrogen and oxygen atoms in total. The SMILES string of the molecule is CC(C)(C)OC(=O)n1cc(Br)cc1-c1cc(F)cc(Br)c1F. The van der Waals surface area contributed by atoms with E-state index < -0.39 is 23.3 Å². The number of benzene rings is 1. The Kier molecular flexibility index (Phi) is 4.77. The molecule has 0 fully saturated rings. The van der Waals surface area contributed by atoms with Gasteiger partial charge in [0.2, 0.25) is 0 Å². The van der Waals surface area contributed by atoms with Crippen LogP contribution in [-0.2, 0) is 4.74 Å². The molecule has 1 aromatic heterocycles. The van der Waals surface area contributed by atoms with Crippen molar-refractivity contribution in [1.82, 2.24) is 4.57 Å². The quantitative estimate of drug-likeness (QED) is 0.533. The number of aromatic nitrogens is 1. The second-order valence-corrected chi connectivity index (χ2v) is 7.41. The van der Waals surface area contributed by atoms with E-state index in [1.165, 1.54) is 12.3 Å². The highest BCUT2D eigenvalue weighted by atomic mass is 79.9. The van der Waals surface area contributed by atoms with Gasteiger partial charge in [-0.2, -0.15) is 0 Å². The lowest BCUT2D eigenvalue weighted by Crippen LogP contribution is -2.27. The smallest absolute Gasteiger partial charge is 0.419 e. The summed E-state index contributed by atoms with van der Waals surface area (Å²) in [6.07, 6.45) is 0.773. The third-order valence-electron chi connectivity index (χ3n) is 2.65. The van der Waals surface area contributed by atoms with Crippen LogP contribution in [0.4, 0.5) is 13.6 Å². The van der Waals surface area contributed by atoms with Crippen LogP contribution in [0.1, 0.15) is 20.8 Å². The van der Waals surface area contributed by atoms with Crippen molar-refractivity contribution in [2.24, 2.45) is 0 Å². The predicted molar refractivity (Wildman–Crippen MR) is 86.8 cm³/mol. The lowest BCUT2D eigenvalue weighted by atomic mass is 10.1. The second kappa shape index (κ2) is 6.12. The number of nitrogens with zero attached hydrogens (tertiary/aromatic N) is 1. The summed E-state index contributed by atoms with van der Waals surface area (Å²) in [5.74, 6) is -1.27. The Labute approximate surface area is 143 Å². The minimum absolute atomic E-state index is 0.0180. The molecule has 1 aromatic carbocycles. The molecule has 0 aliphatic carbocycles. The molecular formula is C15H13Br2F2NO2. The molecule has 7 heteroatoms. The molecule has 0 N–H and O–H groups in total. The van der Waals surface area contributed by atoms with E-state index in [1.807, 2.05) is 0 Å². The van der Waals surface area contributed by atoms with Crippen molar-refractivity contribution in [3.8, 4) is 11.3 Å². The molecule has 0 saturated heterocycles. The molecule has 118 valence electrons. The lowest BCUT2D eigenvalue weighted by Gasteiger charge is -2.20. The van der Waals surface area contributed by atoms with Gasteiger partial charge in [-0.15, -0.1) is 0 Å². The monoisotopic (exact) mass is 435 g/mol. The van der Waals surface area contributed by atoms with Gasteiger partial charge in [0.1, 0.15) is 17.2 Å². The van der Waals surface area contributed by atoms with Crippen LogP contribution in [0.3, 0.4) is 0 Å². The summed E-state index contributed by atoms with van der Waals surface area (Å²) in [6.45, 7) is 5.17. The molecule has 0 spiro atoms. The molecule has 0 atom stereocenters. The molecule has 0 radical (unpaired) electrons. The number of rotatable bonds is 1. The van der Waals surface area contributed by atoms with Gasteiger partial charge in [-0.3, -0.25) is 4.57 Å². The van der Waals surface area contributed by atoms with E-state index >= 15 is 0 Å². The maximum absolute atomic E-state index is 14.3. The largest absolute Gasteiger partial charge is 0.443 e. The summed E-state index contributed by atoms with van der Waals surface area (Å²) >= 11 is 6.19. The van der Waals surface area contributed by atoms with Gasteiger partial charge >= 0.3 is 6.09 Å². The summed E-state index contributed by atoms with van der Waals surface area (Å²) in [6, 6.07) is 3.57. The van der Waals surface area contributed by atoms with Crippen molar-refractivity contribution in [3.63, 3.8) is 0 Å². The molecule has 22 heavy (non-hydrogen) atoms. The van der Waals surface area contributed by atoms with Crippen molar-refractivity contribution < 1.29 is 18.3 Å². The molecule has 1 heterocycles. The fourth-order valence-electron chi connectivity index (χ4n) is 1.84. The fourth-order valence-corrected chi connectivity index (χ4v) is 2.70. The highest BCUT2D eigenvalue weighted by Crippen LogP contribution is 2.32. The summed E-state index contributed by atoms with van der Waals surface area (Å²) in [5, 5.41) is 0. The maximum atomic E-state index is 14.3. The van der Waals surface area contributed by atoms with Crippen LogP contribution in [0.5, 0.6) is 0 Å². The van der Waals surface area contributed by atoms with Crippen molar-refractivity contribution in [3.05, 3.63) is 45.0 Å². The maximum Gasteiger partial charge on any atom is 0.419 e. The van der Waals surface area contributed by atoms with E-state index in [1.54, 1.807) is 20.8 Å². The first-order chi connectivity index (χ1) is 10.1. The van der Waals surface area contributed by atoms with E-state index in [9.17, 15) is 13.6 Å². The predicted octanol–water partition coefficient (Wildman–Crippen LogP) is 5.74. The summed E-state index contributed by atoms with van der Waals surface area (Å²) < 4.78 is 34.8. The van der Waals surface area contributed by atoms with Crippen molar-refractivity contribution in [2.45, 2.75) is 26.4 Å². The first-order valence-corrected chi connectivity index (χ1v) is 7.93. The van der Waals surface area contributed by atoms with Crippen LogP contribution in [0.25, 0.3) is 11.3 Å². The van der Waals surface area contributed by atoms with Gasteiger partial charge in [0.25, 0.3) is 0 Å². The zero-order valence-electron chi connectivity index (χ0n) is 12.1. The third kappa shape index (κ3) is 3.76. The molecule has 2 aromatic rings. The summed E-state index contributed by atoms with van der Waals surface area (Å²) in [4.78, 5) is 12.2. The number of carbonyl (C=O) groups excluding carboxylic acids is 1. The van der Waals surface area contributed by atoms with Gasteiger partial charge in [-0.25, -0.2) is 13.6 Å². The summed E-state index contributed by atoms with van der Waals surface area (Å²) in [5.41, 5.74) is -0.547. The first-order valence-electron chi connectivity index (χ1n) is 6.34. The highest BCUT2D eigenvalue weighted by Gasteiger charge is 2.23. The normalized spacial score (nSPS) is 11.6. The highest BCUT2D eigenvalue weighted by molar-refractivity contribution is 9.10. The molecule has 0 bridgehead atoms. The van der Waals surface area contributed by atoms with Gasteiger partial charge < -0.3 is 4.74 Å². The second-order valence-electron chi connectivity index (χ2n) is 5.64. The minimum atomic E-state index is -0.702. The van der Waals surface area contributed by atoms with E-state index in [4.69, 9.17) is 4.74 Å². The molecule has 0 amide bonds. The van der Waals surface area contributed by atoms with Crippen LogP contribution in [0.2, 0.25) is 0 Å². The average Bonchev–Trinajstić information content (AvgIpc) is 2.74. The Morgan fingerprint density at radius 1 is 1.18 bits per heavy atom. The van der Waals surface area contributed by atoms with Crippen LogP contribution in [0.15, 0.2) is 33.3 Å². The van der Waals surface area contributed by atoms with E-state index in [-0.39, 0.29) is 15.7 Å². The Hall–Kier alpha value is -1.21. The van der Waals surface area contributed by atoms with Crippen LogP contribution >= 0.6 is 31.9 Å². The van der Waals surface area contributed by atoms with Gasteiger partial charge in [0.05, 0.1) is 10.2 Å². The van der Waals surface area contributed by atoms with Crippen LogP contribution in [-0.4, -0.2) is 16.3 Å². The van der Waals surface area contributed by atoms with Crippen molar-refractivity contribution in [1.29, 1.82) is 0 Å². The van der Waals surface area contributed by atoms with Crippen LogP contribution in [0, 0.1) is 11.6 Å². The van der Waals surface area contributed by atoms with Gasteiger partial charge in [-0.05, 0) is 70.8 Å². The Balaban J connectivity index is 2.56. The molecule has 0 unspecified atom stereocenters. The summed E-state index contributed by atoms with van der Waals surface area (Å²) in [7, 11) is 0. The third-order valence-corrected chi connectivity index (χ3v) is 3.66. The number of carbonyl (C=O) groups is 1. The molecule has 0 saturated carbocycles. The first kappa shape index (κ1) is 17.1. The zero-order valence-corrected chi connectivity index (χ0v) is 15.3. The van der Waals surface area contributed by atoms with Crippen molar-refractivity contribution >= 4 is 38.0 Å².